The molecular formula is C36H46F3N5O6SSi. The Kier molecular flexibility index (Phi) is 11.8. The molecule has 0 fully saturated rings. The number of aromatic nitrogens is 3. The Bertz CT molecular complexity index is 2030. The van der Waals surface area contributed by atoms with Crippen molar-refractivity contribution >= 4 is 48.4 Å². The number of carbonyl (C=O) groups is 2. The van der Waals surface area contributed by atoms with Crippen LogP contribution in [0.1, 0.15) is 76.3 Å². The molecule has 16 heteroatoms. The number of anilines is 1. The third-order valence-electron chi connectivity index (χ3n) is 9.41. The van der Waals surface area contributed by atoms with Crippen LogP contribution in [-0.2, 0) is 17.0 Å². The van der Waals surface area contributed by atoms with Gasteiger partial charge in [0, 0.05) is 53.4 Å². The first kappa shape index (κ1) is 40.6. The van der Waals surface area contributed by atoms with Gasteiger partial charge in [0.25, 0.3) is 0 Å². The fraction of sp³-hybridized carbons (Fsp3) is 0.472. The van der Waals surface area contributed by atoms with Crippen molar-refractivity contribution in [2.45, 2.75) is 85.2 Å². The SMILES string of the molecule is CCNC(=O)Nc1cc(-c2nc(C(F)(F)F)cs2)c(-c2ccc3c(c2)c(=O)c(C(=O)O)c(CCO)n3[C@H](CO[Si](C)(C)C(C)(C)C)C(C)(C)C)cn1. The number of alkyl halides is 3. The Hall–Kier alpha value is -4.12. The Morgan fingerprint density at radius 2 is 1.75 bits per heavy atom. The van der Waals surface area contributed by atoms with Crippen molar-refractivity contribution in [1.29, 1.82) is 0 Å². The van der Waals surface area contributed by atoms with Gasteiger partial charge in [0.1, 0.15) is 16.4 Å². The van der Waals surface area contributed by atoms with Crippen LogP contribution in [0.15, 0.2) is 40.6 Å². The summed E-state index contributed by atoms with van der Waals surface area (Å²) < 4.78 is 49.3. The topological polar surface area (TPSA) is 156 Å². The lowest BCUT2D eigenvalue weighted by Gasteiger charge is -2.41. The van der Waals surface area contributed by atoms with E-state index in [9.17, 15) is 37.8 Å². The van der Waals surface area contributed by atoms with Crippen LogP contribution in [0.5, 0.6) is 0 Å². The highest BCUT2D eigenvalue weighted by Gasteiger charge is 2.40. The zero-order valence-corrected chi connectivity index (χ0v) is 32.6. The minimum absolute atomic E-state index is 0.0127. The van der Waals surface area contributed by atoms with E-state index in [2.05, 4.69) is 54.5 Å². The summed E-state index contributed by atoms with van der Waals surface area (Å²) in [6, 6.07) is 5.17. The van der Waals surface area contributed by atoms with Crippen molar-refractivity contribution in [2.75, 3.05) is 25.1 Å². The number of hydrogen-bond donors (Lipinski definition) is 4. The predicted octanol–water partition coefficient (Wildman–Crippen LogP) is 8.19. The molecule has 0 saturated heterocycles. The number of urea groups is 1. The maximum Gasteiger partial charge on any atom is 0.434 e. The maximum atomic E-state index is 14.1. The van der Waals surface area contributed by atoms with Crippen LogP contribution in [0.3, 0.4) is 0 Å². The second kappa shape index (κ2) is 15.1. The molecule has 4 rings (SSSR count). The molecule has 0 unspecified atom stereocenters. The van der Waals surface area contributed by atoms with Crippen molar-refractivity contribution < 1.29 is 37.4 Å². The molecule has 1 atom stereocenters. The summed E-state index contributed by atoms with van der Waals surface area (Å²) in [5.74, 6) is -1.41. The number of carboxylic acids is 1. The van der Waals surface area contributed by atoms with Crippen molar-refractivity contribution in [3.63, 3.8) is 0 Å². The number of nitrogens with one attached hydrogen (secondary N) is 2. The lowest BCUT2D eigenvalue weighted by molar-refractivity contribution is -0.140. The fourth-order valence-electron chi connectivity index (χ4n) is 5.55. The Labute approximate surface area is 305 Å². The number of hydrogen-bond acceptors (Lipinski definition) is 8. The van der Waals surface area contributed by atoms with E-state index in [1.807, 2.05) is 20.8 Å². The van der Waals surface area contributed by atoms with Crippen LogP contribution in [0.4, 0.5) is 23.8 Å². The summed E-state index contributed by atoms with van der Waals surface area (Å²) >= 11 is 0.750. The molecule has 282 valence electrons. The molecule has 0 aliphatic heterocycles. The third-order valence-corrected chi connectivity index (χ3v) is 14.8. The lowest BCUT2D eigenvalue weighted by atomic mass is 9.85. The van der Waals surface area contributed by atoms with Crippen LogP contribution in [0.25, 0.3) is 32.6 Å². The van der Waals surface area contributed by atoms with Gasteiger partial charge in [0.15, 0.2) is 14.0 Å². The standard InChI is InChI=1S/C36H46F3N5O6SSi/c1-10-40-33(49)43-28-16-21(31-42-26(19-51-31)36(37,38)39)23(17-41-28)20-11-12-24-22(15-20)30(46)29(32(47)48)25(13-14-45)44(24)27(34(2,3)4)18-50-52(8,9)35(5,6)7/h11-12,15-17,19,27,45H,10,13-14,18H2,1-9H3,(H,47,48)(H2,40,41,43,49)/t27-/m1/s1. The van der Waals surface area contributed by atoms with Crippen LogP contribution in [-0.4, -0.2) is 64.8 Å². The van der Waals surface area contributed by atoms with Gasteiger partial charge >= 0.3 is 18.2 Å². The van der Waals surface area contributed by atoms with Gasteiger partial charge in [0.05, 0.1) is 18.2 Å². The number of carboxylic acid groups (broad SMARTS) is 1. The lowest BCUT2D eigenvalue weighted by Crippen LogP contribution is -2.44. The van der Waals surface area contributed by atoms with Crippen LogP contribution >= 0.6 is 11.3 Å². The summed E-state index contributed by atoms with van der Waals surface area (Å²) in [5.41, 5.74) is -1.48. The van der Waals surface area contributed by atoms with E-state index in [1.165, 1.54) is 18.3 Å². The number of pyridine rings is 2. The van der Waals surface area contributed by atoms with E-state index in [4.69, 9.17) is 4.43 Å². The van der Waals surface area contributed by atoms with Gasteiger partial charge in [-0.15, -0.1) is 11.3 Å². The maximum absolute atomic E-state index is 14.1. The molecule has 3 aromatic heterocycles. The van der Waals surface area contributed by atoms with E-state index in [0.717, 1.165) is 16.7 Å². The second-order valence-electron chi connectivity index (χ2n) is 15.1. The number of aromatic carboxylic acids is 1. The Morgan fingerprint density at radius 1 is 1.08 bits per heavy atom. The molecule has 52 heavy (non-hydrogen) atoms. The van der Waals surface area contributed by atoms with Gasteiger partial charge in [0.2, 0.25) is 5.43 Å². The first-order valence-corrected chi connectivity index (χ1v) is 20.6. The minimum Gasteiger partial charge on any atom is -0.477 e. The highest BCUT2D eigenvalue weighted by atomic mass is 32.1. The normalized spacial score (nSPS) is 13.3. The highest BCUT2D eigenvalue weighted by Crippen LogP contribution is 2.42. The number of halogens is 3. The summed E-state index contributed by atoms with van der Waals surface area (Å²) in [7, 11) is -2.30. The van der Waals surface area contributed by atoms with Gasteiger partial charge < -0.3 is 24.5 Å². The zero-order valence-electron chi connectivity index (χ0n) is 30.8. The number of amides is 2. The number of thiazole rings is 1. The average molecular weight is 762 g/mol. The quantitative estimate of drug-likeness (QED) is 0.112. The van der Waals surface area contributed by atoms with Gasteiger partial charge in [-0.2, -0.15) is 13.2 Å². The summed E-state index contributed by atoms with van der Waals surface area (Å²) in [6.45, 7) is 18.4. The zero-order chi connectivity index (χ0) is 39.0. The molecule has 0 spiro atoms. The van der Waals surface area contributed by atoms with Crippen molar-refractivity contribution in [1.82, 2.24) is 19.9 Å². The molecule has 0 saturated carbocycles. The van der Waals surface area contributed by atoms with E-state index < -0.39 is 61.2 Å². The Morgan fingerprint density at radius 3 is 2.29 bits per heavy atom. The van der Waals surface area contributed by atoms with Crippen LogP contribution in [0.2, 0.25) is 18.1 Å². The van der Waals surface area contributed by atoms with Crippen LogP contribution in [0, 0.1) is 5.41 Å². The molecule has 3 heterocycles. The predicted molar refractivity (Wildman–Crippen MR) is 200 cm³/mol. The molecule has 11 nitrogen and oxygen atoms in total. The van der Waals surface area contributed by atoms with Gasteiger partial charge in [-0.05, 0) is 54.2 Å². The molecule has 2 amide bonds. The number of benzene rings is 1. The molecular weight excluding hydrogens is 716 g/mol. The molecule has 1 aromatic carbocycles. The molecule has 4 aromatic rings. The molecule has 0 aliphatic carbocycles. The number of carbonyl (C=O) groups excluding carboxylic acids is 1. The number of aliphatic hydroxyl groups is 1. The summed E-state index contributed by atoms with van der Waals surface area (Å²) in [5, 5.41) is 26.5. The van der Waals surface area contributed by atoms with Crippen LogP contribution < -0.4 is 16.1 Å². The minimum atomic E-state index is -4.70. The van der Waals surface area contributed by atoms with E-state index in [1.54, 1.807) is 23.6 Å². The summed E-state index contributed by atoms with van der Waals surface area (Å²) in [6.07, 6.45) is -3.45. The molecule has 0 radical (unpaired) electrons. The van der Waals surface area contributed by atoms with Gasteiger partial charge in [-0.3, -0.25) is 10.1 Å². The van der Waals surface area contributed by atoms with Gasteiger partial charge in [-0.25, -0.2) is 19.6 Å². The largest absolute Gasteiger partial charge is 0.477 e. The second-order valence-corrected chi connectivity index (χ2v) is 20.8. The first-order valence-electron chi connectivity index (χ1n) is 16.8. The van der Waals surface area contributed by atoms with Crippen molar-refractivity contribution in [2.24, 2.45) is 5.41 Å². The molecule has 4 N–H and O–H groups in total. The number of aliphatic hydroxyl groups excluding tert-OH is 1. The highest BCUT2D eigenvalue weighted by molar-refractivity contribution is 7.13. The van der Waals surface area contributed by atoms with Crippen molar-refractivity contribution in [3.8, 4) is 21.7 Å². The molecule has 0 bridgehead atoms. The molecule has 0 aliphatic rings. The number of fused-ring (bicyclic) bond motifs is 1. The summed E-state index contributed by atoms with van der Waals surface area (Å²) in [4.78, 5) is 47.4. The van der Waals surface area contributed by atoms with Gasteiger partial charge in [-0.1, -0.05) is 47.6 Å². The van der Waals surface area contributed by atoms with E-state index >= 15 is 0 Å². The number of nitrogens with zero attached hydrogens (tertiary/aromatic N) is 3. The smallest absolute Gasteiger partial charge is 0.434 e. The number of rotatable bonds is 11. The van der Waals surface area contributed by atoms with Crippen molar-refractivity contribution in [3.05, 3.63) is 63.0 Å². The van der Waals surface area contributed by atoms with E-state index in [-0.39, 0.29) is 45.5 Å². The fourth-order valence-corrected chi connectivity index (χ4v) is 7.41. The Balaban J connectivity index is 2.04. The third kappa shape index (κ3) is 8.56. The first-order chi connectivity index (χ1) is 24.0. The average Bonchev–Trinajstić information content (AvgIpc) is 3.53. The monoisotopic (exact) mass is 761 g/mol. The van der Waals surface area contributed by atoms with E-state index in [0.29, 0.717) is 23.2 Å².